The van der Waals surface area contributed by atoms with Gasteiger partial charge >= 0.3 is 5.97 Å². The number of unbranched alkanes of at least 4 members (excludes halogenated alkanes) is 1. The van der Waals surface area contributed by atoms with Gasteiger partial charge in [-0.1, -0.05) is 13.3 Å². The monoisotopic (exact) mass is 576 g/mol. The van der Waals surface area contributed by atoms with Crippen LogP contribution in [0, 0.1) is 5.92 Å². The maximum atomic E-state index is 13.7. The van der Waals surface area contributed by atoms with E-state index in [1.807, 2.05) is 17.9 Å². The number of carboxylic acid groups (broad SMARTS) is 1. The minimum absolute atomic E-state index is 0.0323. The van der Waals surface area contributed by atoms with Gasteiger partial charge in [-0.2, -0.15) is 0 Å². The van der Waals surface area contributed by atoms with Crippen LogP contribution in [0.15, 0.2) is 36.7 Å². The topological polar surface area (TPSA) is 148 Å². The number of anilines is 1. The summed E-state index contributed by atoms with van der Waals surface area (Å²) in [5, 5.41) is 10.4. The lowest BCUT2D eigenvalue weighted by atomic mass is 9.84. The number of benzene rings is 1. The average molecular weight is 577 g/mol. The highest BCUT2D eigenvalue weighted by molar-refractivity contribution is 7.88. The number of carbonyl (C=O) groups excluding carboxylic acids is 1. The highest BCUT2D eigenvalue weighted by Gasteiger charge is 2.47. The Bertz CT molecular complexity index is 1310. The largest absolute Gasteiger partial charge is 0.493 e. The Morgan fingerprint density at radius 3 is 2.75 bits per heavy atom. The van der Waals surface area contributed by atoms with Crippen LogP contribution in [0.25, 0.3) is 0 Å². The lowest BCUT2D eigenvalue weighted by molar-refractivity contribution is -0.143. The first kappa shape index (κ1) is 29.6. The summed E-state index contributed by atoms with van der Waals surface area (Å²) in [7, 11) is -1.98. The molecule has 1 saturated heterocycles. The first-order valence-electron chi connectivity index (χ1n) is 13.2. The molecule has 1 aromatic heterocycles. The first-order valence-corrected chi connectivity index (χ1v) is 15.1. The molecule has 2 aliphatic heterocycles. The predicted molar refractivity (Wildman–Crippen MR) is 147 cm³/mol. The second-order valence-corrected chi connectivity index (χ2v) is 11.8. The molecule has 2 aromatic rings. The molecular formula is C27H36N4O8S. The van der Waals surface area contributed by atoms with Crippen molar-refractivity contribution in [3.05, 3.63) is 42.2 Å². The van der Waals surface area contributed by atoms with Crippen molar-refractivity contribution in [2.45, 2.75) is 38.1 Å². The summed E-state index contributed by atoms with van der Waals surface area (Å²) in [5.74, 6) is -1.29. The Morgan fingerprint density at radius 2 is 2.10 bits per heavy atom. The van der Waals surface area contributed by atoms with Crippen LogP contribution < -0.4 is 23.8 Å². The zero-order valence-electron chi connectivity index (χ0n) is 22.9. The molecule has 1 fully saturated rings. The number of aromatic nitrogens is 1. The summed E-state index contributed by atoms with van der Waals surface area (Å²) in [6.45, 7) is 2.84. The van der Waals surface area contributed by atoms with E-state index in [1.165, 1.54) is 7.11 Å². The normalized spacial score (nSPS) is 20.4. The van der Waals surface area contributed by atoms with Gasteiger partial charge in [-0.3, -0.25) is 19.5 Å². The van der Waals surface area contributed by atoms with Crippen molar-refractivity contribution in [3.8, 4) is 17.2 Å². The van der Waals surface area contributed by atoms with E-state index in [-0.39, 0.29) is 38.8 Å². The van der Waals surface area contributed by atoms with Crippen LogP contribution in [0.2, 0.25) is 0 Å². The number of nitrogens with one attached hydrogen (secondary N) is 1. The molecule has 3 heterocycles. The zero-order chi connectivity index (χ0) is 28.9. The minimum atomic E-state index is -3.48. The number of ether oxygens (including phenoxy) is 3. The van der Waals surface area contributed by atoms with Crippen LogP contribution in [0.4, 0.5) is 5.69 Å². The lowest BCUT2D eigenvalue weighted by Gasteiger charge is -2.29. The van der Waals surface area contributed by atoms with Gasteiger partial charge in [-0.15, -0.1) is 0 Å². The Labute approximate surface area is 234 Å². The molecule has 0 spiro atoms. The van der Waals surface area contributed by atoms with Crippen molar-refractivity contribution in [1.29, 1.82) is 0 Å². The predicted octanol–water partition coefficient (Wildman–Crippen LogP) is 2.06. The number of carbonyl (C=O) groups is 2. The number of hydrogen-bond donors (Lipinski definition) is 2. The molecule has 0 saturated carbocycles. The van der Waals surface area contributed by atoms with Gasteiger partial charge in [0.2, 0.25) is 28.5 Å². The number of pyridine rings is 1. The van der Waals surface area contributed by atoms with Crippen molar-refractivity contribution in [2.24, 2.45) is 5.92 Å². The number of rotatable bonds is 13. The third-order valence-corrected chi connectivity index (χ3v) is 8.01. The van der Waals surface area contributed by atoms with Crippen molar-refractivity contribution >= 4 is 27.6 Å². The number of carboxylic acids is 1. The lowest BCUT2D eigenvalue weighted by Crippen LogP contribution is -2.45. The van der Waals surface area contributed by atoms with E-state index in [0.717, 1.165) is 19.1 Å². The number of methoxy groups -OCH3 is 1. The van der Waals surface area contributed by atoms with Gasteiger partial charge < -0.3 is 24.2 Å². The van der Waals surface area contributed by atoms with Gasteiger partial charge in [0, 0.05) is 37.8 Å². The number of likely N-dealkylation sites (tertiary alicyclic amines) is 1. The van der Waals surface area contributed by atoms with E-state index >= 15 is 0 Å². The van der Waals surface area contributed by atoms with Crippen molar-refractivity contribution in [3.63, 3.8) is 0 Å². The average Bonchev–Trinajstić information content (AvgIpc) is 3.53. The molecule has 1 amide bonds. The van der Waals surface area contributed by atoms with Crippen LogP contribution in [0.5, 0.6) is 17.2 Å². The third kappa shape index (κ3) is 6.83. The zero-order valence-corrected chi connectivity index (χ0v) is 23.7. The summed E-state index contributed by atoms with van der Waals surface area (Å²) in [4.78, 5) is 34.1. The van der Waals surface area contributed by atoms with Crippen molar-refractivity contribution < 1.29 is 37.3 Å². The molecule has 0 radical (unpaired) electrons. The number of nitrogens with zero attached hydrogens (tertiary/aromatic N) is 3. The van der Waals surface area contributed by atoms with Gasteiger partial charge in [0.05, 0.1) is 37.7 Å². The maximum Gasteiger partial charge on any atom is 0.308 e. The second-order valence-electron chi connectivity index (χ2n) is 9.99. The maximum absolute atomic E-state index is 13.7. The van der Waals surface area contributed by atoms with E-state index in [2.05, 4.69) is 9.71 Å². The number of aliphatic carboxylic acids is 1. The van der Waals surface area contributed by atoms with Crippen LogP contribution in [-0.2, 0) is 19.6 Å². The SMILES string of the molecule is CCCCN(C(=O)CN1CC(c2cc(OC)c3c(c2)OCO3)C(C(=O)O)C1CCNS(C)(=O)=O)c1cccnc1. The van der Waals surface area contributed by atoms with E-state index in [4.69, 9.17) is 14.2 Å². The van der Waals surface area contributed by atoms with Crippen LogP contribution in [-0.4, -0.2) is 87.7 Å². The molecule has 40 heavy (non-hydrogen) atoms. The smallest absolute Gasteiger partial charge is 0.308 e. The van der Waals surface area contributed by atoms with Gasteiger partial charge in [0.1, 0.15) is 0 Å². The molecule has 3 unspecified atom stereocenters. The molecule has 2 N–H and O–H groups in total. The van der Waals surface area contributed by atoms with Crippen molar-refractivity contribution in [1.82, 2.24) is 14.6 Å². The van der Waals surface area contributed by atoms with Crippen LogP contribution in [0.1, 0.15) is 37.7 Å². The second kappa shape index (κ2) is 12.8. The Balaban J connectivity index is 1.66. The Hall–Kier alpha value is -3.42. The molecule has 2 aliphatic rings. The fraction of sp³-hybridized carbons (Fsp3) is 0.519. The van der Waals surface area contributed by atoms with Crippen LogP contribution in [0.3, 0.4) is 0 Å². The highest BCUT2D eigenvalue weighted by Crippen LogP contribution is 2.47. The van der Waals surface area contributed by atoms with E-state index in [0.29, 0.717) is 35.0 Å². The van der Waals surface area contributed by atoms with E-state index < -0.39 is 33.9 Å². The third-order valence-electron chi connectivity index (χ3n) is 7.28. The number of hydrogen-bond acceptors (Lipinski definition) is 9. The van der Waals surface area contributed by atoms with Crippen LogP contribution >= 0.6 is 0 Å². The van der Waals surface area contributed by atoms with Gasteiger partial charge in [-0.05, 0) is 42.7 Å². The van der Waals surface area contributed by atoms with E-state index in [9.17, 15) is 23.1 Å². The Kier molecular flexibility index (Phi) is 9.48. The van der Waals surface area contributed by atoms with Gasteiger partial charge in [0.25, 0.3) is 0 Å². The summed E-state index contributed by atoms with van der Waals surface area (Å²) < 4.78 is 42.5. The molecule has 1 aromatic carbocycles. The number of sulfonamides is 1. The fourth-order valence-corrected chi connectivity index (χ4v) is 5.92. The molecule has 0 aliphatic carbocycles. The molecule has 218 valence electrons. The Morgan fingerprint density at radius 1 is 1.30 bits per heavy atom. The molecule has 3 atom stereocenters. The summed E-state index contributed by atoms with van der Waals surface area (Å²) in [6, 6.07) is 6.47. The standard InChI is InChI=1S/C27H36N4O8S/c1-4-5-11-31(19-7-6-9-28-14-19)24(32)16-30-15-20(18-12-22(37-2)26-23(13-18)38-17-39-26)25(27(33)34)21(30)8-10-29-40(3,35)36/h6-7,9,12-14,20-21,25,29H,4-5,8,10-11,15-17H2,1-3H3,(H,33,34). The van der Waals surface area contributed by atoms with E-state index in [1.54, 1.807) is 35.5 Å². The summed E-state index contributed by atoms with van der Waals surface area (Å²) in [6.07, 6.45) is 6.21. The molecule has 4 rings (SSSR count). The van der Waals surface area contributed by atoms with Crippen molar-refractivity contribution in [2.75, 3.05) is 51.2 Å². The number of amides is 1. The molecule has 0 bridgehead atoms. The summed E-state index contributed by atoms with van der Waals surface area (Å²) in [5.41, 5.74) is 1.35. The highest BCUT2D eigenvalue weighted by atomic mass is 32.2. The molecule has 13 heteroatoms. The molecular weight excluding hydrogens is 540 g/mol. The minimum Gasteiger partial charge on any atom is -0.493 e. The van der Waals surface area contributed by atoms with Gasteiger partial charge in [-0.25, -0.2) is 13.1 Å². The van der Waals surface area contributed by atoms with Gasteiger partial charge in [0.15, 0.2) is 11.5 Å². The molecule has 12 nitrogen and oxygen atoms in total. The summed E-state index contributed by atoms with van der Waals surface area (Å²) >= 11 is 0. The fourth-order valence-electron chi connectivity index (χ4n) is 5.43. The quantitative estimate of drug-likeness (QED) is 0.363. The number of fused-ring (bicyclic) bond motifs is 1. The first-order chi connectivity index (χ1) is 19.1.